The van der Waals surface area contributed by atoms with Gasteiger partial charge in [0.2, 0.25) is 0 Å². The fourth-order valence-corrected chi connectivity index (χ4v) is 3.82. The zero-order valence-corrected chi connectivity index (χ0v) is 10.4. The van der Waals surface area contributed by atoms with Gasteiger partial charge in [0, 0.05) is 34.9 Å². The van der Waals surface area contributed by atoms with Crippen LogP contribution in [-0.2, 0) is 10.8 Å². The second kappa shape index (κ2) is 5.41. The minimum Gasteiger partial charge on any atom is -0.314 e. The highest BCUT2D eigenvalue weighted by Crippen LogP contribution is 2.15. The first kappa shape index (κ1) is 11.6. The monoisotopic (exact) mass is 230 g/mol. The first-order chi connectivity index (χ1) is 7.24. The Hall–Kier alpha value is 0.0700. The molecule has 0 aromatic rings. The van der Waals surface area contributed by atoms with E-state index in [1.54, 1.807) is 0 Å². The summed E-state index contributed by atoms with van der Waals surface area (Å²) >= 11 is 0. The summed E-state index contributed by atoms with van der Waals surface area (Å²) in [5.41, 5.74) is 0. The fraction of sp³-hybridized carbons (Fsp3) is 1.00. The van der Waals surface area contributed by atoms with Gasteiger partial charge >= 0.3 is 0 Å². The van der Waals surface area contributed by atoms with Crippen LogP contribution in [0, 0.1) is 5.92 Å². The Morgan fingerprint density at radius 3 is 2.67 bits per heavy atom. The molecule has 1 atom stereocenters. The molecule has 4 heteroatoms. The maximum Gasteiger partial charge on any atom is 0.0249 e. The number of hydrogen-bond donors (Lipinski definition) is 1. The summed E-state index contributed by atoms with van der Waals surface area (Å²) in [4.78, 5) is 2.41. The van der Waals surface area contributed by atoms with Gasteiger partial charge in [-0.25, -0.2) is 0 Å². The van der Waals surface area contributed by atoms with E-state index in [4.69, 9.17) is 0 Å². The third-order valence-electron chi connectivity index (χ3n) is 3.57. The predicted octanol–water partition coefficient (Wildman–Crippen LogP) is 0.439. The van der Waals surface area contributed by atoms with Crippen molar-refractivity contribution in [1.29, 1.82) is 0 Å². The van der Waals surface area contributed by atoms with Crippen LogP contribution in [0.4, 0.5) is 0 Å². The minimum atomic E-state index is -0.520. The van der Waals surface area contributed by atoms with Crippen LogP contribution in [0.1, 0.15) is 19.3 Å². The van der Waals surface area contributed by atoms with Crippen LogP contribution in [0.3, 0.4) is 0 Å². The minimum absolute atomic E-state index is 0.520. The number of nitrogens with one attached hydrogen (secondary N) is 1. The van der Waals surface area contributed by atoms with Crippen LogP contribution in [0.5, 0.6) is 0 Å². The molecule has 0 radical (unpaired) electrons. The average Bonchev–Trinajstić information content (AvgIpc) is 2.64. The normalized spacial score (nSPS) is 38.3. The summed E-state index contributed by atoms with van der Waals surface area (Å²) in [6.45, 7) is 3.65. The highest BCUT2D eigenvalue weighted by Gasteiger charge is 2.22. The Bertz CT molecular complexity index is 225. The second-order valence-electron chi connectivity index (χ2n) is 4.95. The number of nitrogens with zero attached hydrogens (tertiary/aromatic N) is 1. The van der Waals surface area contributed by atoms with E-state index in [1.807, 2.05) is 0 Å². The first-order valence-corrected chi connectivity index (χ1v) is 7.50. The van der Waals surface area contributed by atoms with Gasteiger partial charge in [-0.3, -0.25) is 4.21 Å². The van der Waals surface area contributed by atoms with E-state index in [2.05, 4.69) is 17.3 Å². The van der Waals surface area contributed by atoms with Crippen LogP contribution >= 0.6 is 0 Å². The van der Waals surface area contributed by atoms with Gasteiger partial charge in [-0.2, -0.15) is 0 Å². The molecule has 88 valence electrons. The molecule has 15 heavy (non-hydrogen) atoms. The molecule has 3 nitrogen and oxygen atoms in total. The van der Waals surface area contributed by atoms with E-state index in [-0.39, 0.29) is 0 Å². The third-order valence-corrected chi connectivity index (χ3v) is 4.95. The van der Waals surface area contributed by atoms with Crippen LogP contribution in [0.15, 0.2) is 0 Å². The summed E-state index contributed by atoms with van der Waals surface area (Å²) in [7, 11) is 1.68. The molecular formula is C11H22N2OS. The molecule has 2 fully saturated rings. The van der Waals surface area contributed by atoms with Crippen molar-refractivity contribution >= 4 is 10.8 Å². The van der Waals surface area contributed by atoms with Crippen molar-refractivity contribution in [2.75, 3.05) is 38.2 Å². The first-order valence-electron chi connectivity index (χ1n) is 6.01. The van der Waals surface area contributed by atoms with Crippen molar-refractivity contribution in [3.05, 3.63) is 0 Å². The van der Waals surface area contributed by atoms with Gasteiger partial charge in [0.15, 0.2) is 0 Å². The van der Waals surface area contributed by atoms with Gasteiger partial charge in [-0.1, -0.05) is 0 Å². The maximum atomic E-state index is 11.2. The van der Waals surface area contributed by atoms with Crippen molar-refractivity contribution in [2.45, 2.75) is 25.3 Å². The van der Waals surface area contributed by atoms with Gasteiger partial charge < -0.3 is 10.2 Å². The molecule has 2 aliphatic rings. The third kappa shape index (κ3) is 3.54. The standard InChI is InChI=1S/C11H22N2OS/c1-13-5-2-10(9-13)8-12-11-3-6-15(14)7-4-11/h10-12H,2-9H2,1H3. The van der Waals surface area contributed by atoms with Crippen LogP contribution in [0.25, 0.3) is 0 Å². The predicted molar refractivity (Wildman–Crippen MR) is 64.5 cm³/mol. The molecule has 0 aromatic heterocycles. The molecule has 0 aliphatic carbocycles. The van der Waals surface area contributed by atoms with Crippen molar-refractivity contribution in [3.8, 4) is 0 Å². The lowest BCUT2D eigenvalue weighted by atomic mass is 10.1. The summed E-state index contributed by atoms with van der Waals surface area (Å²) in [6, 6.07) is 0.633. The number of likely N-dealkylation sites (tertiary alicyclic amines) is 1. The number of rotatable bonds is 3. The van der Waals surface area contributed by atoms with E-state index in [9.17, 15) is 4.21 Å². The lowest BCUT2D eigenvalue weighted by Gasteiger charge is -2.24. The summed E-state index contributed by atoms with van der Waals surface area (Å²) < 4.78 is 11.2. The lowest BCUT2D eigenvalue weighted by molar-refractivity contribution is 0.372. The Morgan fingerprint density at radius 2 is 2.07 bits per heavy atom. The smallest absolute Gasteiger partial charge is 0.0249 e. The highest BCUT2D eigenvalue weighted by atomic mass is 32.2. The molecule has 2 saturated heterocycles. The van der Waals surface area contributed by atoms with Gasteiger partial charge in [0.05, 0.1) is 0 Å². The molecule has 0 bridgehead atoms. The molecule has 1 N–H and O–H groups in total. The Kier molecular flexibility index (Phi) is 4.17. The van der Waals surface area contributed by atoms with Crippen LogP contribution < -0.4 is 5.32 Å². The highest BCUT2D eigenvalue weighted by molar-refractivity contribution is 7.85. The molecular weight excluding hydrogens is 208 g/mol. The van der Waals surface area contributed by atoms with E-state index in [0.29, 0.717) is 6.04 Å². The summed E-state index contributed by atoms with van der Waals surface area (Å²) in [6.07, 6.45) is 3.55. The molecule has 1 unspecified atom stereocenters. The average molecular weight is 230 g/mol. The Labute approximate surface area is 95.1 Å². The van der Waals surface area contributed by atoms with Crippen molar-refractivity contribution in [2.24, 2.45) is 5.92 Å². The van der Waals surface area contributed by atoms with E-state index >= 15 is 0 Å². The van der Waals surface area contributed by atoms with E-state index in [0.717, 1.165) is 36.8 Å². The topological polar surface area (TPSA) is 32.3 Å². The molecule has 2 heterocycles. The molecule has 0 saturated carbocycles. The van der Waals surface area contributed by atoms with Gasteiger partial charge in [-0.05, 0) is 45.3 Å². The van der Waals surface area contributed by atoms with Crippen molar-refractivity contribution in [3.63, 3.8) is 0 Å². The maximum absolute atomic E-state index is 11.2. The largest absolute Gasteiger partial charge is 0.314 e. The summed E-state index contributed by atoms with van der Waals surface area (Å²) in [5, 5.41) is 3.64. The lowest BCUT2D eigenvalue weighted by Crippen LogP contribution is -2.38. The molecule has 2 rings (SSSR count). The molecule has 0 amide bonds. The van der Waals surface area contributed by atoms with Gasteiger partial charge in [0.1, 0.15) is 0 Å². The molecule has 0 spiro atoms. The van der Waals surface area contributed by atoms with Crippen LogP contribution in [-0.4, -0.2) is 53.3 Å². The quantitative estimate of drug-likeness (QED) is 0.763. The van der Waals surface area contributed by atoms with Crippen molar-refractivity contribution < 1.29 is 4.21 Å². The SMILES string of the molecule is CN1CCC(CNC2CCS(=O)CC2)C1. The Morgan fingerprint density at radius 1 is 1.33 bits per heavy atom. The number of hydrogen-bond acceptors (Lipinski definition) is 3. The van der Waals surface area contributed by atoms with Gasteiger partial charge in [0.25, 0.3) is 0 Å². The van der Waals surface area contributed by atoms with Gasteiger partial charge in [-0.15, -0.1) is 0 Å². The second-order valence-corrected chi connectivity index (χ2v) is 6.64. The van der Waals surface area contributed by atoms with Crippen LogP contribution in [0.2, 0.25) is 0 Å². The zero-order chi connectivity index (χ0) is 10.7. The zero-order valence-electron chi connectivity index (χ0n) is 9.58. The fourth-order valence-electron chi connectivity index (χ4n) is 2.52. The summed E-state index contributed by atoms with van der Waals surface area (Å²) in [5.74, 6) is 2.65. The van der Waals surface area contributed by atoms with E-state index in [1.165, 1.54) is 19.5 Å². The van der Waals surface area contributed by atoms with Crippen molar-refractivity contribution in [1.82, 2.24) is 10.2 Å². The van der Waals surface area contributed by atoms with E-state index < -0.39 is 10.8 Å². The molecule has 2 aliphatic heterocycles. The molecule has 0 aromatic carbocycles. The Balaban J connectivity index is 1.63.